The number of hydrogen-bond donors (Lipinski definition) is 1. The number of benzene rings is 1. The van der Waals surface area contributed by atoms with Gasteiger partial charge < -0.3 is 15.2 Å². The SMILES string of the molecule is COc1ncc(Oc2c(F)cc(N)cc2F)cc1C(C)C. The Kier molecular flexibility index (Phi) is 4.26. The lowest BCUT2D eigenvalue weighted by molar-refractivity contribution is 0.381. The lowest BCUT2D eigenvalue weighted by Gasteiger charge is -2.13. The smallest absolute Gasteiger partial charge is 0.216 e. The van der Waals surface area contributed by atoms with Crippen molar-refractivity contribution in [1.29, 1.82) is 0 Å². The largest absolute Gasteiger partial charge is 0.481 e. The van der Waals surface area contributed by atoms with Gasteiger partial charge >= 0.3 is 0 Å². The summed E-state index contributed by atoms with van der Waals surface area (Å²) in [5, 5.41) is 0. The first-order valence-corrected chi connectivity index (χ1v) is 6.38. The molecule has 21 heavy (non-hydrogen) atoms. The van der Waals surface area contributed by atoms with Crippen LogP contribution in [-0.4, -0.2) is 12.1 Å². The Labute approximate surface area is 121 Å². The molecule has 4 nitrogen and oxygen atoms in total. The molecule has 0 spiro atoms. The Balaban J connectivity index is 2.39. The summed E-state index contributed by atoms with van der Waals surface area (Å²) in [4.78, 5) is 4.07. The standard InChI is InChI=1S/C15H16F2N2O2/c1-8(2)11-6-10(7-19-15(11)20-3)21-14-12(16)4-9(18)5-13(14)17/h4-8H,18H2,1-3H3. The number of ether oxygens (including phenoxy) is 2. The van der Waals surface area contributed by atoms with Crippen molar-refractivity contribution < 1.29 is 18.3 Å². The zero-order valence-corrected chi connectivity index (χ0v) is 12.0. The van der Waals surface area contributed by atoms with Crippen molar-refractivity contribution in [2.24, 2.45) is 0 Å². The third-order valence-corrected chi connectivity index (χ3v) is 2.91. The Morgan fingerprint density at radius 3 is 2.29 bits per heavy atom. The monoisotopic (exact) mass is 294 g/mol. The van der Waals surface area contributed by atoms with Gasteiger partial charge in [0, 0.05) is 23.4 Å². The molecule has 0 aliphatic carbocycles. The molecule has 0 aliphatic rings. The minimum absolute atomic E-state index is 0.00641. The molecule has 1 aromatic carbocycles. The van der Waals surface area contributed by atoms with Gasteiger partial charge in [0.1, 0.15) is 5.75 Å². The maximum absolute atomic E-state index is 13.7. The number of anilines is 1. The van der Waals surface area contributed by atoms with Crippen molar-refractivity contribution >= 4 is 5.69 Å². The van der Waals surface area contributed by atoms with E-state index >= 15 is 0 Å². The van der Waals surface area contributed by atoms with Crippen molar-refractivity contribution in [2.75, 3.05) is 12.8 Å². The predicted octanol–water partition coefficient (Wildman–Crippen LogP) is 3.87. The molecular weight excluding hydrogens is 278 g/mol. The molecule has 1 heterocycles. The van der Waals surface area contributed by atoms with Gasteiger partial charge in [0.25, 0.3) is 0 Å². The number of nitrogens with two attached hydrogens (primary N) is 1. The molecule has 0 unspecified atom stereocenters. The van der Waals surface area contributed by atoms with E-state index in [9.17, 15) is 8.78 Å². The summed E-state index contributed by atoms with van der Waals surface area (Å²) >= 11 is 0. The highest BCUT2D eigenvalue weighted by atomic mass is 19.1. The Morgan fingerprint density at radius 2 is 1.76 bits per heavy atom. The van der Waals surface area contributed by atoms with E-state index in [0.717, 1.165) is 17.7 Å². The Morgan fingerprint density at radius 1 is 1.14 bits per heavy atom. The fourth-order valence-electron chi connectivity index (χ4n) is 1.88. The zero-order chi connectivity index (χ0) is 15.6. The molecule has 2 rings (SSSR count). The van der Waals surface area contributed by atoms with E-state index in [0.29, 0.717) is 5.88 Å². The molecule has 0 saturated carbocycles. The fourth-order valence-corrected chi connectivity index (χ4v) is 1.88. The van der Waals surface area contributed by atoms with Crippen LogP contribution in [0.2, 0.25) is 0 Å². The summed E-state index contributed by atoms with van der Waals surface area (Å²) in [7, 11) is 1.51. The van der Waals surface area contributed by atoms with Crippen LogP contribution >= 0.6 is 0 Å². The molecular formula is C15H16F2N2O2. The second kappa shape index (κ2) is 5.95. The van der Waals surface area contributed by atoms with Crippen LogP contribution < -0.4 is 15.2 Å². The summed E-state index contributed by atoms with van der Waals surface area (Å²) in [5.74, 6) is -1.44. The molecule has 6 heteroatoms. The van der Waals surface area contributed by atoms with E-state index in [2.05, 4.69) is 4.98 Å². The van der Waals surface area contributed by atoms with E-state index in [1.165, 1.54) is 13.3 Å². The van der Waals surface area contributed by atoms with Gasteiger partial charge in [0.05, 0.1) is 13.3 Å². The number of aromatic nitrogens is 1. The van der Waals surface area contributed by atoms with Crippen LogP contribution in [0.25, 0.3) is 0 Å². The lowest BCUT2D eigenvalue weighted by Crippen LogP contribution is -2.00. The van der Waals surface area contributed by atoms with E-state index in [4.69, 9.17) is 15.2 Å². The van der Waals surface area contributed by atoms with Crippen LogP contribution in [0.4, 0.5) is 14.5 Å². The molecule has 0 radical (unpaired) electrons. The molecule has 0 amide bonds. The molecule has 112 valence electrons. The maximum Gasteiger partial charge on any atom is 0.216 e. The van der Waals surface area contributed by atoms with E-state index in [-0.39, 0.29) is 17.4 Å². The minimum Gasteiger partial charge on any atom is -0.481 e. The first-order chi connectivity index (χ1) is 9.92. The predicted molar refractivity (Wildman–Crippen MR) is 75.7 cm³/mol. The average molecular weight is 294 g/mol. The summed E-state index contributed by atoms with van der Waals surface area (Å²) in [6.45, 7) is 3.90. The van der Waals surface area contributed by atoms with Crippen molar-refractivity contribution in [2.45, 2.75) is 19.8 Å². The maximum atomic E-state index is 13.7. The van der Waals surface area contributed by atoms with Crippen LogP contribution in [0.5, 0.6) is 17.4 Å². The molecule has 2 aromatic rings. The Bertz CT molecular complexity index is 637. The van der Waals surface area contributed by atoms with E-state index in [1.807, 2.05) is 13.8 Å². The average Bonchev–Trinajstić information content (AvgIpc) is 2.42. The van der Waals surface area contributed by atoms with Gasteiger partial charge in [0.15, 0.2) is 17.4 Å². The third-order valence-electron chi connectivity index (χ3n) is 2.91. The second-order valence-corrected chi connectivity index (χ2v) is 4.84. The lowest BCUT2D eigenvalue weighted by atomic mass is 10.1. The van der Waals surface area contributed by atoms with Crippen LogP contribution in [-0.2, 0) is 0 Å². The van der Waals surface area contributed by atoms with Crippen molar-refractivity contribution in [1.82, 2.24) is 4.98 Å². The normalized spacial score (nSPS) is 10.8. The highest BCUT2D eigenvalue weighted by Gasteiger charge is 2.15. The van der Waals surface area contributed by atoms with Crippen LogP contribution in [0.1, 0.15) is 25.3 Å². The van der Waals surface area contributed by atoms with Crippen molar-refractivity contribution in [3.8, 4) is 17.4 Å². The molecule has 0 aliphatic heterocycles. The first kappa shape index (κ1) is 15.0. The molecule has 0 bridgehead atoms. The van der Waals surface area contributed by atoms with Crippen molar-refractivity contribution in [3.05, 3.63) is 41.6 Å². The first-order valence-electron chi connectivity index (χ1n) is 6.38. The van der Waals surface area contributed by atoms with Gasteiger partial charge in [0.2, 0.25) is 5.88 Å². The molecule has 2 N–H and O–H groups in total. The van der Waals surface area contributed by atoms with E-state index in [1.54, 1.807) is 6.07 Å². The van der Waals surface area contributed by atoms with Gasteiger partial charge in [-0.05, 0) is 12.0 Å². The highest BCUT2D eigenvalue weighted by molar-refractivity contribution is 5.46. The van der Waals surface area contributed by atoms with Crippen LogP contribution in [0.3, 0.4) is 0 Å². The highest BCUT2D eigenvalue weighted by Crippen LogP contribution is 2.33. The Hall–Kier alpha value is -2.37. The number of hydrogen-bond acceptors (Lipinski definition) is 4. The van der Waals surface area contributed by atoms with Gasteiger partial charge in [-0.2, -0.15) is 0 Å². The molecule has 0 saturated heterocycles. The molecule has 0 atom stereocenters. The molecule has 0 fully saturated rings. The zero-order valence-electron chi connectivity index (χ0n) is 12.0. The minimum atomic E-state index is -0.866. The van der Waals surface area contributed by atoms with Gasteiger partial charge in [-0.3, -0.25) is 0 Å². The number of halogens is 2. The topological polar surface area (TPSA) is 57.4 Å². The van der Waals surface area contributed by atoms with E-state index < -0.39 is 17.4 Å². The number of nitrogens with zero attached hydrogens (tertiary/aromatic N) is 1. The summed E-state index contributed by atoms with van der Waals surface area (Å²) in [5.41, 5.74) is 6.14. The number of methoxy groups -OCH3 is 1. The quantitative estimate of drug-likeness (QED) is 0.870. The van der Waals surface area contributed by atoms with Crippen LogP contribution in [0, 0.1) is 11.6 Å². The fraction of sp³-hybridized carbons (Fsp3) is 0.267. The number of nitrogen functional groups attached to an aromatic ring is 1. The summed E-state index contributed by atoms with van der Waals surface area (Å²) < 4.78 is 37.8. The summed E-state index contributed by atoms with van der Waals surface area (Å²) in [6.07, 6.45) is 1.35. The number of rotatable bonds is 4. The van der Waals surface area contributed by atoms with Gasteiger partial charge in [-0.25, -0.2) is 13.8 Å². The van der Waals surface area contributed by atoms with Gasteiger partial charge in [-0.15, -0.1) is 0 Å². The summed E-state index contributed by atoms with van der Waals surface area (Å²) in [6, 6.07) is 3.64. The third kappa shape index (κ3) is 3.21. The van der Waals surface area contributed by atoms with Gasteiger partial charge in [-0.1, -0.05) is 13.8 Å². The van der Waals surface area contributed by atoms with Crippen LogP contribution in [0.15, 0.2) is 24.4 Å². The number of pyridine rings is 1. The molecule has 1 aromatic heterocycles. The van der Waals surface area contributed by atoms with Crippen molar-refractivity contribution in [3.63, 3.8) is 0 Å². The second-order valence-electron chi connectivity index (χ2n) is 4.84.